The van der Waals surface area contributed by atoms with Crippen LogP contribution in [0.5, 0.6) is 11.6 Å². The molecular formula is C27H36FN3O4. The standard InChI is InChI=1S/C27H36FN3O4/c1-27(2,3)34-19-22(32)17-31(14-15-33-5)18-24-25(20-10-7-6-8-11-20)29-30(4)26(24)35-23-13-9-12-21(28)16-23/h6-13,16,22,32H,14-15,17-19H2,1-5H3/t22-/m0/s1. The van der Waals surface area contributed by atoms with Crippen molar-refractivity contribution < 1.29 is 23.7 Å². The van der Waals surface area contributed by atoms with Crippen LogP contribution in [0.3, 0.4) is 0 Å². The van der Waals surface area contributed by atoms with E-state index in [1.54, 1.807) is 31.0 Å². The third-order valence-electron chi connectivity index (χ3n) is 5.32. The molecule has 0 bridgehead atoms. The van der Waals surface area contributed by atoms with Crippen molar-refractivity contribution in [2.24, 2.45) is 7.05 Å². The van der Waals surface area contributed by atoms with Crippen molar-refractivity contribution >= 4 is 0 Å². The summed E-state index contributed by atoms with van der Waals surface area (Å²) >= 11 is 0. The monoisotopic (exact) mass is 485 g/mol. The summed E-state index contributed by atoms with van der Waals surface area (Å²) in [6.45, 7) is 8.00. The molecule has 0 aliphatic carbocycles. The van der Waals surface area contributed by atoms with Crippen LogP contribution in [-0.4, -0.2) is 64.9 Å². The van der Waals surface area contributed by atoms with Crippen LogP contribution in [0.25, 0.3) is 11.3 Å². The molecule has 1 N–H and O–H groups in total. The van der Waals surface area contributed by atoms with Crippen molar-refractivity contribution in [2.45, 2.75) is 39.0 Å². The Morgan fingerprint density at radius 3 is 2.51 bits per heavy atom. The molecule has 1 heterocycles. The van der Waals surface area contributed by atoms with Crippen LogP contribution in [0.4, 0.5) is 4.39 Å². The summed E-state index contributed by atoms with van der Waals surface area (Å²) in [6.07, 6.45) is -0.685. The zero-order valence-electron chi connectivity index (χ0n) is 21.2. The van der Waals surface area contributed by atoms with Gasteiger partial charge >= 0.3 is 0 Å². The van der Waals surface area contributed by atoms with E-state index in [1.807, 2.05) is 51.1 Å². The van der Waals surface area contributed by atoms with Crippen LogP contribution in [0.1, 0.15) is 26.3 Å². The smallest absolute Gasteiger partial charge is 0.222 e. The fourth-order valence-corrected chi connectivity index (χ4v) is 3.67. The molecular weight excluding hydrogens is 449 g/mol. The van der Waals surface area contributed by atoms with Gasteiger partial charge in [0, 0.05) is 45.4 Å². The Labute approximate surface area is 207 Å². The lowest BCUT2D eigenvalue weighted by Crippen LogP contribution is -2.38. The first-order chi connectivity index (χ1) is 16.7. The SMILES string of the molecule is COCCN(Cc1c(-c2ccccc2)nn(C)c1Oc1cccc(F)c1)C[C@H](O)COC(C)(C)C. The van der Waals surface area contributed by atoms with E-state index in [0.29, 0.717) is 37.9 Å². The molecule has 0 saturated heterocycles. The zero-order chi connectivity index (χ0) is 25.4. The highest BCUT2D eigenvalue weighted by Crippen LogP contribution is 2.34. The maximum Gasteiger partial charge on any atom is 0.222 e. The second-order valence-corrected chi connectivity index (χ2v) is 9.49. The van der Waals surface area contributed by atoms with Crippen molar-refractivity contribution in [3.8, 4) is 22.9 Å². The van der Waals surface area contributed by atoms with Gasteiger partial charge in [0.05, 0.1) is 30.5 Å². The van der Waals surface area contributed by atoms with Crippen LogP contribution < -0.4 is 4.74 Å². The summed E-state index contributed by atoms with van der Waals surface area (Å²) in [5.74, 6) is 0.520. The molecule has 0 saturated carbocycles. The first-order valence-corrected chi connectivity index (χ1v) is 11.7. The van der Waals surface area contributed by atoms with E-state index in [4.69, 9.17) is 19.3 Å². The number of aromatic nitrogens is 2. The van der Waals surface area contributed by atoms with E-state index in [9.17, 15) is 9.50 Å². The van der Waals surface area contributed by atoms with Gasteiger partial charge in [-0.3, -0.25) is 4.90 Å². The van der Waals surface area contributed by atoms with E-state index < -0.39 is 6.10 Å². The molecule has 7 nitrogen and oxygen atoms in total. The summed E-state index contributed by atoms with van der Waals surface area (Å²) in [4.78, 5) is 2.09. The minimum atomic E-state index is -0.685. The molecule has 3 aromatic rings. The molecule has 1 atom stereocenters. The van der Waals surface area contributed by atoms with Gasteiger partial charge in [0.2, 0.25) is 5.88 Å². The van der Waals surface area contributed by atoms with Gasteiger partial charge < -0.3 is 19.3 Å². The van der Waals surface area contributed by atoms with Gasteiger partial charge in [-0.25, -0.2) is 9.07 Å². The number of nitrogens with zero attached hydrogens (tertiary/aromatic N) is 3. The van der Waals surface area contributed by atoms with Crippen molar-refractivity contribution in [1.29, 1.82) is 0 Å². The Bertz CT molecular complexity index is 1070. The second kappa shape index (κ2) is 12.3. The van der Waals surface area contributed by atoms with Gasteiger partial charge in [-0.15, -0.1) is 0 Å². The third-order valence-corrected chi connectivity index (χ3v) is 5.32. The lowest BCUT2D eigenvalue weighted by molar-refractivity contribution is -0.0576. The van der Waals surface area contributed by atoms with Gasteiger partial charge in [-0.2, -0.15) is 5.10 Å². The van der Waals surface area contributed by atoms with E-state index in [1.165, 1.54) is 12.1 Å². The minimum absolute atomic E-state index is 0.220. The van der Waals surface area contributed by atoms with Gasteiger partial charge in [0.25, 0.3) is 0 Å². The van der Waals surface area contributed by atoms with Crippen molar-refractivity contribution in [3.63, 3.8) is 0 Å². The number of aryl methyl sites for hydroxylation is 1. The third kappa shape index (κ3) is 8.14. The van der Waals surface area contributed by atoms with Crippen LogP contribution in [-0.2, 0) is 23.1 Å². The van der Waals surface area contributed by atoms with Gasteiger partial charge in [0.1, 0.15) is 17.3 Å². The zero-order valence-corrected chi connectivity index (χ0v) is 21.2. The molecule has 0 radical (unpaired) electrons. The second-order valence-electron chi connectivity index (χ2n) is 9.49. The first kappa shape index (κ1) is 26.8. The lowest BCUT2D eigenvalue weighted by Gasteiger charge is -2.27. The molecule has 0 unspecified atom stereocenters. The fraction of sp³-hybridized carbons (Fsp3) is 0.444. The van der Waals surface area contributed by atoms with E-state index in [2.05, 4.69) is 4.90 Å². The molecule has 190 valence electrons. The largest absolute Gasteiger partial charge is 0.439 e. The maximum atomic E-state index is 13.8. The van der Waals surface area contributed by atoms with E-state index in [-0.39, 0.29) is 18.0 Å². The number of halogens is 1. The van der Waals surface area contributed by atoms with E-state index >= 15 is 0 Å². The predicted molar refractivity (Wildman–Crippen MR) is 134 cm³/mol. The maximum absolute atomic E-state index is 13.8. The quantitative estimate of drug-likeness (QED) is 0.403. The predicted octanol–water partition coefficient (Wildman–Crippen LogP) is 4.64. The number of aliphatic hydroxyl groups is 1. The molecule has 8 heteroatoms. The summed E-state index contributed by atoms with van der Waals surface area (Å²) in [6, 6.07) is 15.9. The molecule has 0 amide bonds. The topological polar surface area (TPSA) is 69.0 Å². The minimum Gasteiger partial charge on any atom is -0.439 e. The molecule has 1 aromatic heterocycles. The summed E-state index contributed by atoms with van der Waals surface area (Å²) in [5.41, 5.74) is 2.20. The normalized spacial score (nSPS) is 12.8. The highest BCUT2D eigenvalue weighted by molar-refractivity contribution is 5.65. The molecule has 35 heavy (non-hydrogen) atoms. The summed E-state index contributed by atoms with van der Waals surface area (Å²) < 4.78 is 32.7. The molecule has 0 aliphatic rings. The average Bonchev–Trinajstić information content (AvgIpc) is 3.11. The Morgan fingerprint density at radius 1 is 1.11 bits per heavy atom. The highest BCUT2D eigenvalue weighted by Gasteiger charge is 2.24. The molecule has 0 aliphatic heterocycles. The van der Waals surface area contributed by atoms with Crippen LogP contribution >= 0.6 is 0 Å². The Hall–Kier alpha value is -2.78. The summed E-state index contributed by atoms with van der Waals surface area (Å²) in [5, 5.41) is 15.4. The van der Waals surface area contributed by atoms with Gasteiger partial charge in [-0.05, 0) is 32.9 Å². The Kier molecular flexibility index (Phi) is 9.40. The number of hydrogen-bond donors (Lipinski definition) is 1. The van der Waals surface area contributed by atoms with Crippen molar-refractivity contribution in [2.75, 3.05) is 33.4 Å². The molecule has 0 fully saturated rings. The summed E-state index contributed by atoms with van der Waals surface area (Å²) in [7, 11) is 3.45. The number of benzene rings is 2. The number of hydrogen-bond acceptors (Lipinski definition) is 6. The first-order valence-electron chi connectivity index (χ1n) is 11.7. The van der Waals surface area contributed by atoms with Crippen molar-refractivity contribution in [1.82, 2.24) is 14.7 Å². The van der Waals surface area contributed by atoms with Gasteiger partial charge in [0.15, 0.2) is 0 Å². The Balaban J connectivity index is 1.93. The number of rotatable bonds is 12. The van der Waals surface area contributed by atoms with E-state index in [0.717, 1.165) is 16.8 Å². The van der Waals surface area contributed by atoms with Crippen molar-refractivity contribution in [3.05, 3.63) is 66.0 Å². The van der Waals surface area contributed by atoms with Crippen LogP contribution in [0.2, 0.25) is 0 Å². The fourth-order valence-electron chi connectivity index (χ4n) is 3.67. The highest BCUT2D eigenvalue weighted by atomic mass is 19.1. The van der Waals surface area contributed by atoms with Crippen LogP contribution in [0, 0.1) is 5.82 Å². The molecule has 0 spiro atoms. The molecule has 3 rings (SSSR count). The molecule has 2 aromatic carbocycles. The van der Waals surface area contributed by atoms with Crippen LogP contribution in [0.15, 0.2) is 54.6 Å². The Morgan fingerprint density at radius 2 is 1.86 bits per heavy atom. The number of ether oxygens (including phenoxy) is 3. The van der Waals surface area contributed by atoms with Gasteiger partial charge in [-0.1, -0.05) is 36.4 Å². The number of methoxy groups -OCH3 is 1. The average molecular weight is 486 g/mol. The number of aliphatic hydroxyl groups excluding tert-OH is 1. The lowest BCUT2D eigenvalue weighted by atomic mass is 10.1.